The number of para-hydroxylation sites is 1. The first-order valence-corrected chi connectivity index (χ1v) is 10.5. The van der Waals surface area contributed by atoms with E-state index in [0.29, 0.717) is 18.5 Å². The number of nitrogens with one attached hydrogen (secondary N) is 2. The molecule has 164 valence electrons. The molecular weight excluding hydrogens is 501 g/mol. The van der Waals surface area contributed by atoms with Gasteiger partial charge >= 0.3 is 0 Å². The monoisotopic (exact) mass is 531 g/mol. The SMILES string of the molecule is CN=C(NCc1coc(-c2ccc(C)cc2)n1)NC1CCN(c2ccccc2)CC1.I. The lowest BCUT2D eigenvalue weighted by Gasteiger charge is -2.34. The summed E-state index contributed by atoms with van der Waals surface area (Å²) in [5.74, 6) is 1.44. The molecule has 4 rings (SSSR count). The van der Waals surface area contributed by atoms with Crippen LogP contribution in [0.25, 0.3) is 11.5 Å². The summed E-state index contributed by atoms with van der Waals surface area (Å²) in [6, 6.07) is 19.2. The minimum absolute atomic E-state index is 0. The minimum Gasteiger partial charge on any atom is -0.444 e. The third kappa shape index (κ3) is 6.22. The number of oxazole rings is 1. The van der Waals surface area contributed by atoms with Gasteiger partial charge in [0.15, 0.2) is 5.96 Å². The number of piperidine rings is 1. The molecule has 1 saturated heterocycles. The zero-order valence-electron chi connectivity index (χ0n) is 18.0. The van der Waals surface area contributed by atoms with E-state index in [2.05, 4.69) is 74.9 Å². The number of halogens is 1. The van der Waals surface area contributed by atoms with Crippen LogP contribution in [-0.2, 0) is 6.54 Å². The van der Waals surface area contributed by atoms with Crippen molar-refractivity contribution in [3.8, 4) is 11.5 Å². The molecule has 0 spiro atoms. The lowest BCUT2D eigenvalue weighted by molar-refractivity contribution is 0.461. The molecule has 1 aliphatic rings. The van der Waals surface area contributed by atoms with E-state index in [1.54, 1.807) is 13.3 Å². The highest BCUT2D eigenvalue weighted by Gasteiger charge is 2.20. The summed E-state index contributed by atoms with van der Waals surface area (Å²) in [5.41, 5.74) is 4.36. The van der Waals surface area contributed by atoms with E-state index in [9.17, 15) is 0 Å². The highest BCUT2D eigenvalue weighted by atomic mass is 127. The van der Waals surface area contributed by atoms with E-state index in [-0.39, 0.29) is 24.0 Å². The molecule has 1 aliphatic heterocycles. The molecule has 0 atom stereocenters. The zero-order valence-corrected chi connectivity index (χ0v) is 20.4. The highest BCUT2D eigenvalue weighted by molar-refractivity contribution is 14.0. The van der Waals surface area contributed by atoms with Crippen LogP contribution in [0.2, 0.25) is 0 Å². The van der Waals surface area contributed by atoms with Gasteiger partial charge in [0.25, 0.3) is 0 Å². The lowest BCUT2D eigenvalue weighted by Crippen LogP contribution is -2.48. The summed E-state index contributed by atoms with van der Waals surface area (Å²) in [4.78, 5) is 11.4. The second-order valence-electron chi connectivity index (χ2n) is 7.68. The van der Waals surface area contributed by atoms with Crippen molar-refractivity contribution < 1.29 is 4.42 Å². The Labute approximate surface area is 201 Å². The number of rotatable bonds is 5. The van der Waals surface area contributed by atoms with Crippen LogP contribution in [0, 0.1) is 6.92 Å². The van der Waals surface area contributed by atoms with Crippen LogP contribution in [0.4, 0.5) is 5.69 Å². The Morgan fingerprint density at radius 1 is 1.10 bits per heavy atom. The molecule has 1 aromatic heterocycles. The van der Waals surface area contributed by atoms with E-state index in [0.717, 1.165) is 43.1 Å². The summed E-state index contributed by atoms with van der Waals surface area (Å²) in [6.07, 6.45) is 3.86. The molecule has 3 aromatic rings. The fourth-order valence-electron chi connectivity index (χ4n) is 3.70. The average molecular weight is 531 g/mol. The van der Waals surface area contributed by atoms with Gasteiger partial charge in [-0.2, -0.15) is 0 Å². The maximum Gasteiger partial charge on any atom is 0.226 e. The van der Waals surface area contributed by atoms with Crippen molar-refractivity contribution in [1.29, 1.82) is 0 Å². The van der Waals surface area contributed by atoms with Crippen LogP contribution in [0.3, 0.4) is 0 Å². The molecule has 0 saturated carbocycles. The van der Waals surface area contributed by atoms with Crippen molar-refractivity contribution in [1.82, 2.24) is 15.6 Å². The molecule has 2 heterocycles. The molecular formula is C24H30IN5O. The molecule has 0 aliphatic carbocycles. The largest absolute Gasteiger partial charge is 0.444 e. The number of anilines is 1. The van der Waals surface area contributed by atoms with Gasteiger partial charge in [0.05, 0.1) is 12.2 Å². The van der Waals surface area contributed by atoms with E-state index >= 15 is 0 Å². The smallest absolute Gasteiger partial charge is 0.226 e. The standard InChI is InChI=1S/C24H29N5O.HI/c1-18-8-10-19(11-9-18)23-27-21(17-30-23)16-26-24(25-2)28-20-12-14-29(15-13-20)22-6-4-3-5-7-22;/h3-11,17,20H,12-16H2,1-2H3,(H2,25,26,28);1H. The van der Waals surface area contributed by atoms with Crippen LogP contribution in [0.15, 0.2) is 70.3 Å². The topological polar surface area (TPSA) is 65.7 Å². The number of aromatic nitrogens is 1. The van der Waals surface area contributed by atoms with Crippen molar-refractivity contribution in [3.05, 3.63) is 72.1 Å². The summed E-state index contributed by atoms with van der Waals surface area (Å²) in [6.45, 7) is 4.72. The van der Waals surface area contributed by atoms with Crippen molar-refractivity contribution in [3.63, 3.8) is 0 Å². The first-order valence-electron chi connectivity index (χ1n) is 10.5. The van der Waals surface area contributed by atoms with Gasteiger partial charge in [-0.3, -0.25) is 4.99 Å². The Kier molecular flexibility index (Phi) is 8.34. The second kappa shape index (κ2) is 11.2. The van der Waals surface area contributed by atoms with Crippen LogP contribution < -0.4 is 15.5 Å². The Balaban J connectivity index is 0.00000272. The minimum atomic E-state index is 0. The molecule has 7 heteroatoms. The van der Waals surface area contributed by atoms with Crippen molar-refractivity contribution in [2.45, 2.75) is 32.4 Å². The number of aliphatic imine (C=N–C) groups is 1. The number of nitrogens with zero attached hydrogens (tertiary/aromatic N) is 3. The van der Waals surface area contributed by atoms with E-state index in [4.69, 9.17) is 4.42 Å². The van der Waals surface area contributed by atoms with E-state index in [1.807, 2.05) is 12.1 Å². The van der Waals surface area contributed by atoms with Gasteiger partial charge in [0.1, 0.15) is 6.26 Å². The molecule has 0 bridgehead atoms. The fourth-order valence-corrected chi connectivity index (χ4v) is 3.70. The maximum atomic E-state index is 5.64. The normalized spacial score (nSPS) is 14.8. The van der Waals surface area contributed by atoms with Crippen molar-refractivity contribution in [2.24, 2.45) is 4.99 Å². The molecule has 1 fully saturated rings. The Bertz CT molecular complexity index is 963. The Morgan fingerprint density at radius 2 is 1.81 bits per heavy atom. The summed E-state index contributed by atoms with van der Waals surface area (Å²) in [7, 11) is 1.80. The molecule has 0 radical (unpaired) electrons. The van der Waals surface area contributed by atoms with Crippen LogP contribution in [-0.4, -0.2) is 37.1 Å². The molecule has 2 N–H and O–H groups in total. The number of hydrogen-bond acceptors (Lipinski definition) is 4. The van der Waals surface area contributed by atoms with Gasteiger partial charge < -0.3 is 20.0 Å². The van der Waals surface area contributed by atoms with E-state index < -0.39 is 0 Å². The van der Waals surface area contributed by atoms with Crippen molar-refractivity contribution >= 4 is 35.6 Å². The number of aryl methyl sites for hydroxylation is 1. The predicted molar refractivity (Wildman–Crippen MR) is 137 cm³/mol. The summed E-state index contributed by atoms with van der Waals surface area (Å²) in [5, 5.41) is 6.90. The highest BCUT2D eigenvalue weighted by Crippen LogP contribution is 2.20. The number of guanidine groups is 1. The van der Waals surface area contributed by atoms with Gasteiger partial charge in [0.2, 0.25) is 5.89 Å². The first-order chi connectivity index (χ1) is 14.7. The third-order valence-electron chi connectivity index (χ3n) is 5.47. The second-order valence-corrected chi connectivity index (χ2v) is 7.68. The fraction of sp³-hybridized carbons (Fsp3) is 0.333. The number of hydrogen-bond donors (Lipinski definition) is 2. The number of benzene rings is 2. The summed E-state index contributed by atoms with van der Waals surface area (Å²) >= 11 is 0. The van der Waals surface area contributed by atoms with Gasteiger partial charge in [-0.25, -0.2) is 4.98 Å². The Hall–Kier alpha value is -2.55. The summed E-state index contributed by atoms with van der Waals surface area (Å²) < 4.78 is 5.64. The van der Waals surface area contributed by atoms with Gasteiger partial charge in [-0.05, 0) is 44.0 Å². The van der Waals surface area contributed by atoms with Crippen molar-refractivity contribution in [2.75, 3.05) is 25.0 Å². The Morgan fingerprint density at radius 3 is 2.48 bits per heavy atom. The molecule has 0 unspecified atom stereocenters. The maximum absolute atomic E-state index is 5.64. The van der Waals surface area contributed by atoms with Crippen LogP contribution in [0.1, 0.15) is 24.1 Å². The molecule has 2 aromatic carbocycles. The van der Waals surface area contributed by atoms with Crippen LogP contribution in [0.5, 0.6) is 0 Å². The average Bonchev–Trinajstić information content (AvgIpc) is 3.27. The molecule has 6 nitrogen and oxygen atoms in total. The lowest BCUT2D eigenvalue weighted by atomic mass is 10.0. The van der Waals surface area contributed by atoms with Gasteiger partial charge in [-0.1, -0.05) is 35.9 Å². The zero-order chi connectivity index (χ0) is 20.8. The van der Waals surface area contributed by atoms with E-state index in [1.165, 1.54) is 11.3 Å². The predicted octanol–water partition coefficient (Wildman–Crippen LogP) is 4.60. The molecule has 31 heavy (non-hydrogen) atoms. The van der Waals surface area contributed by atoms with Gasteiger partial charge in [-0.15, -0.1) is 24.0 Å². The van der Waals surface area contributed by atoms with Gasteiger partial charge in [0, 0.05) is 37.4 Å². The van der Waals surface area contributed by atoms with Crippen LogP contribution >= 0.6 is 24.0 Å². The molecule has 0 amide bonds. The third-order valence-corrected chi connectivity index (χ3v) is 5.47. The quantitative estimate of drug-likeness (QED) is 0.286. The first kappa shape index (κ1) is 23.1.